The molecule has 0 amide bonds. The van der Waals surface area contributed by atoms with Gasteiger partial charge in [0.25, 0.3) is 0 Å². The molecule has 0 aliphatic heterocycles. The monoisotopic (exact) mass is 359 g/mol. The van der Waals surface area contributed by atoms with Crippen LogP contribution in [0.25, 0.3) is 0 Å². The van der Waals surface area contributed by atoms with E-state index >= 15 is 0 Å². The van der Waals surface area contributed by atoms with Crippen LogP contribution in [0.2, 0.25) is 0 Å². The fourth-order valence-electron chi connectivity index (χ4n) is 1.21. The van der Waals surface area contributed by atoms with Gasteiger partial charge in [-0.05, 0) is 28.1 Å². The standard InChI is InChI=1S/C12H11BrClN3O3/c1-19-7-10(18)12(14)17-16-9-4-2-3-8(13)11(9)20-6-5-15/h2-4,12H,6-7H2,1H3/b17-16+. The number of nitriles is 1. The first kappa shape index (κ1) is 16.6. The third-order valence-electron chi connectivity index (χ3n) is 2.05. The highest BCUT2D eigenvalue weighted by molar-refractivity contribution is 9.10. The molecule has 8 heteroatoms. The van der Waals surface area contributed by atoms with Crippen molar-refractivity contribution >= 4 is 39.0 Å². The second kappa shape index (κ2) is 8.64. The zero-order valence-electron chi connectivity index (χ0n) is 10.5. The highest BCUT2D eigenvalue weighted by Gasteiger charge is 2.14. The molecule has 6 nitrogen and oxygen atoms in total. The zero-order valence-corrected chi connectivity index (χ0v) is 12.9. The fourth-order valence-corrected chi connectivity index (χ4v) is 1.79. The van der Waals surface area contributed by atoms with Crippen molar-refractivity contribution in [1.82, 2.24) is 0 Å². The smallest absolute Gasteiger partial charge is 0.204 e. The van der Waals surface area contributed by atoms with Gasteiger partial charge in [0.2, 0.25) is 5.50 Å². The lowest BCUT2D eigenvalue weighted by molar-refractivity contribution is -0.122. The number of alkyl halides is 1. The summed E-state index contributed by atoms with van der Waals surface area (Å²) in [6.45, 7) is -0.262. The van der Waals surface area contributed by atoms with Gasteiger partial charge in [-0.25, -0.2) is 0 Å². The molecule has 0 N–H and O–H groups in total. The molecule has 0 heterocycles. The van der Waals surface area contributed by atoms with Crippen LogP contribution in [0.3, 0.4) is 0 Å². The van der Waals surface area contributed by atoms with Crippen molar-refractivity contribution in [3.8, 4) is 11.8 Å². The Bertz CT molecular complexity index is 545. The van der Waals surface area contributed by atoms with Crippen molar-refractivity contribution < 1.29 is 14.3 Å². The number of hydrogen-bond donors (Lipinski definition) is 0. The fraction of sp³-hybridized carbons (Fsp3) is 0.333. The SMILES string of the molecule is COCC(=O)C(Cl)/N=N/c1cccc(Br)c1OCC#N. The zero-order chi connectivity index (χ0) is 15.0. The van der Waals surface area contributed by atoms with Crippen LogP contribution in [0.4, 0.5) is 5.69 Å². The van der Waals surface area contributed by atoms with Crippen LogP contribution < -0.4 is 4.74 Å². The van der Waals surface area contributed by atoms with E-state index in [2.05, 4.69) is 30.9 Å². The number of hydrogen-bond acceptors (Lipinski definition) is 6. The Kier molecular flexibility index (Phi) is 7.15. The molecule has 0 saturated carbocycles. The Balaban J connectivity index is 2.89. The maximum atomic E-state index is 11.4. The van der Waals surface area contributed by atoms with Crippen molar-refractivity contribution in [2.75, 3.05) is 20.3 Å². The number of rotatable bonds is 7. The average Bonchev–Trinajstić information content (AvgIpc) is 2.44. The van der Waals surface area contributed by atoms with E-state index in [9.17, 15) is 4.79 Å². The molecule has 1 unspecified atom stereocenters. The molecule has 1 aromatic carbocycles. The van der Waals surface area contributed by atoms with Crippen LogP contribution in [0.1, 0.15) is 0 Å². The molecule has 0 saturated heterocycles. The van der Waals surface area contributed by atoms with Gasteiger partial charge in [-0.15, -0.1) is 0 Å². The summed E-state index contributed by atoms with van der Waals surface area (Å²) >= 11 is 9.04. The Hall–Kier alpha value is -1.49. The van der Waals surface area contributed by atoms with Gasteiger partial charge < -0.3 is 9.47 Å². The number of para-hydroxylation sites is 1. The van der Waals surface area contributed by atoms with Crippen LogP contribution in [0.15, 0.2) is 32.9 Å². The minimum atomic E-state index is -1.13. The first-order valence-corrected chi connectivity index (χ1v) is 6.68. The number of ether oxygens (including phenoxy) is 2. The van der Waals surface area contributed by atoms with E-state index in [1.807, 2.05) is 6.07 Å². The summed E-state index contributed by atoms with van der Waals surface area (Å²) in [5.41, 5.74) is -0.761. The molecule has 0 fully saturated rings. The number of halogens is 2. The van der Waals surface area contributed by atoms with E-state index in [1.54, 1.807) is 18.2 Å². The van der Waals surface area contributed by atoms with Gasteiger partial charge in [0.15, 0.2) is 18.1 Å². The third kappa shape index (κ3) is 4.89. The second-order valence-corrected chi connectivity index (χ2v) is 4.75. The van der Waals surface area contributed by atoms with E-state index in [4.69, 9.17) is 21.6 Å². The van der Waals surface area contributed by atoms with Gasteiger partial charge in [0.1, 0.15) is 18.4 Å². The van der Waals surface area contributed by atoms with Crippen molar-refractivity contribution in [3.63, 3.8) is 0 Å². The molecule has 0 aromatic heterocycles. The van der Waals surface area contributed by atoms with Crippen molar-refractivity contribution in [1.29, 1.82) is 5.26 Å². The molecule has 0 spiro atoms. The van der Waals surface area contributed by atoms with Crippen molar-refractivity contribution in [3.05, 3.63) is 22.7 Å². The lowest BCUT2D eigenvalue weighted by Gasteiger charge is -2.07. The van der Waals surface area contributed by atoms with Gasteiger partial charge in [0, 0.05) is 7.11 Å². The normalized spacial score (nSPS) is 12.1. The summed E-state index contributed by atoms with van der Waals surface area (Å²) in [4.78, 5) is 11.4. The Morgan fingerprint density at radius 3 is 3.00 bits per heavy atom. The molecule has 0 radical (unpaired) electrons. The maximum absolute atomic E-state index is 11.4. The largest absolute Gasteiger partial charge is 0.475 e. The predicted molar refractivity (Wildman–Crippen MR) is 76.3 cm³/mol. The van der Waals surface area contributed by atoms with Crippen LogP contribution in [-0.4, -0.2) is 31.6 Å². The highest BCUT2D eigenvalue weighted by atomic mass is 79.9. The number of ketones is 1. The van der Waals surface area contributed by atoms with Crippen LogP contribution in [-0.2, 0) is 9.53 Å². The number of Topliss-reactive ketones (excluding diaryl/α,β-unsaturated/α-hetero) is 1. The molecular formula is C12H11BrClN3O3. The van der Waals surface area contributed by atoms with E-state index in [0.717, 1.165) is 0 Å². The summed E-state index contributed by atoms with van der Waals surface area (Å²) in [7, 11) is 1.39. The minimum Gasteiger partial charge on any atom is -0.475 e. The van der Waals surface area contributed by atoms with Gasteiger partial charge in [-0.3, -0.25) is 4.79 Å². The Morgan fingerprint density at radius 2 is 2.35 bits per heavy atom. The third-order valence-corrected chi connectivity index (χ3v) is 3.00. The predicted octanol–water partition coefficient (Wildman–Crippen LogP) is 3.22. The van der Waals surface area contributed by atoms with E-state index in [-0.39, 0.29) is 13.2 Å². The number of nitrogens with zero attached hydrogens (tertiary/aromatic N) is 3. The number of carbonyl (C=O) groups is 1. The topological polar surface area (TPSA) is 84.0 Å². The number of methoxy groups -OCH3 is 1. The molecule has 20 heavy (non-hydrogen) atoms. The highest BCUT2D eigenvalue weighted by Crippen LogP contribution is 2.35. The molecule has 0 aliphatic carbocycles. The molecule has 1 aromatic rings. The van der Waals surface area contributed by atoms with Crippen LogP contribution in [0.5, 0.6) is 5.75 Å². The molecule has 0 bridgehead atoms. The van der Waals surface area contributed by atoms with Crippen molar-refractivity contribution in [2.24, 2.45) is 10.2 Å². The summed E-state index contributed by atoms with van der Waals surface area (Å²) in [6, 6.07) is 6.94. The van der Waals surface area contributed by atoms with Gasteiger partial charge >= 0.3 is 0 Å². The number of carbonyl (C=O) groups excluding carboxylic acids is 1. The lowest BCUT2D eigenvalue weighted by Crippen LogP contribution is -2.16. The summed E-state index contributed by atoms with van der Waals surface area (Å²) in [5, 5.41) is 16.1. The molecular weight excluding hydrogens is 350 g/mol. The van der Waals surface area contributed by atoms with E-state index in [0.29, 0.717) is 15.9 Å². The number of azo groups is 1. The van der Waals surface area contributed by atoms with E-state index in [1.165, 1.54) is 7.11 Å². The second-order valence-electron chi connectivity index (χ2n) is 3.49. The Labute approximate surface area is 129 Å². The van der Waals surface area contributed by atoms with Crippen LogP contribution in [0, 0.1) is 11.3 Å². The van der Waals surface area contributed by atoms with Gasteiger partial charge in [-0.1, -0.05) is 17.7 Å². The average molecular weight is 361 g/mol. The summed E-state index contributed by atoms with van der Waals surface area (Å²) < 4.78 is 10.5. The lowest BCUT2D eigenvalue weighted by atomic mass is 10.3. The summed E-state index contributed by atoms with van der Waals surface area (Å²) in [5.74, 6) is -0.0340. The number of benzene rings is 1. The van der Waals surface area contributed by atoms with Gasteiger partial charge in [0.05, 0.1) is 4.47 Å². The molecule has 1 rings (SSSR count). The summed E-state index contributed by atoms with van der Waals surface area (Å²) in [6.07, 6.45) is 0. The molecule has 0 aliphatic rings. The molecule has 1 atom stereocenters. The quantitative estimate of drug-likeness (QED) is 0.424. The minimum absolute atomic E-state index is 0.127. The molecule has 106 valence electrons. The van der Waals surface area contributed by atoms with E-state index < -0.39 is 11.3 Å². The van der Waals surface area contributed by atoms with Gasteiger partial charge in [-0.2, -0.15) is 15.5 Å². The first-order valence-electron chi connectivity index (χ1n) is 5.45. The first-order chi connectivity index (χ1) is 9.60. The van der Waals surface area contributed by atoms with Crippen molar-refractivity contribution in [2.45, 2.75) is 5.50 Å². The Morgan fingerprint density at radius 1 is 1.60 bits per heavy atom. The van der Waals surface area contributed by atoms with Crippen LogP contribution >= 0.6 is 27.5 Å². The maximum Gasteiger partial charge on any atom is 0.204 e.